The lowest BCUT2D eigenvalue weighted by Crippen LogP contribution is -2.45. The minimum Gasteiger partial charge on any atom is -0.504 e. The van der Waals surface area contributed by atoms with Crippen LogP contribution in [0.1, 0.15) is 47.5 Å². The Labute approximate surface area is 148 Å². The normalized spacial score (nSPS) is 28.6. The predicted octanol–water partition coefficient (Wildman–Crippen LogP) is 4.20. The summed E-state index contributed by atoms with van der Waals surface area (Å²) in [5, 5.41) is 10.8. The molecular weight excluding hydrogens is 316 g/mol. The van der Waals surface area contributed by atoms with Crippen molar-refractivity contribution in [3.8, 4) is 0 Å². The fraction of sp³-hybridized carbons (Fsp3) is 0.524. The van der Waals surface area contributed by atoms with Crippen molar-refractivity contribution in [3.63, 3.8) is 0 Å². The maximum Gasteiger partial charge on any atom is 0.223 e. The summed E-state index contributed by atoms with van der Waals surface area (Å²) in [4.78, 5) is 25.3. The molecule has 3 aliphatic carbocycles. The van der Waals surface area contributed by atoms with Crippen molar-refractivity contribution in [2.45, 2.75) is 47.5 Å². The summed E-state index contributed by atoms with van der Waals surface area (Å²) in [6, 6.07) is 0. The van der Waals surface area contributed by atoms with Crippen molar-refractivity contribution in [1.82, 2.24) is 0 Å². The first-order valence-electron chi connectivity index (χ1n) is 8.80. The Balaban J connectivity index is 2.34. The number of rotatable bonds is 2. The van der Waals surface area contributed by atoms with Gasteiger partial charge in [0, 0.05) is 28.4 Å². The van der Waals surface area contributed by atoms with Gasteiger partial charge < -0.3 is 9.84 Å². The van der Waals surface area contributed by atoms with Gasteiger partial charge in [-0.2, -0.15) is 0 Å². The minimum absolute atomic E-state index is 0.0191. The average Bonchev–Trinajstić information content (AvgIpc) is 2.53. The van der Waals surface area contributed by atoms with Gasteiger partial charge in [-0.05, 0) is 49.5 Å². The number of ketones is 2. The topological polar surface area (TPSA) is 63.6 Å². The molecule has 0 amide bonds. The third kappa shape index (κ3) is 2.26. The van der Waals surface area contributed by atoms with Crippen molar-refractivity contribution >= 4 is 11.6 Å². The van der Waals surface area contributed by atoms with E-state index in [1.54, 1.807) is 7.11 Å². The zero-order valence-electron chi connectivity index (χ0n) is 15.8. The molecule has 0 aromatic rings. The molecular formula is C21H26O4. The number of ether oxygens (including phenoxy) is 1. The molecule has 0 aromatic carbocycles. The second-order valence-corrected chi connectivity index (χ2v) is 8.23. The van der Waals surface area contributed by atoms with Gasteiger partial charge in [-0.25, -0.2) is 0 Å². The van der Waals surface area contributed by atoms with Crippen LogP contribution in [0.15, 0.2) is 46.0 Å². The van der Waals surface area contributed by atoms with Crippen molar-refractivity contribution in [2.24, 2.45) is 16.7 Å². The fourth-order valence-electron chi connectivity index (χ4n) is 4.65. The molecule has 0 spiro atoms. The first-order valence-corrected chi connectivity index (χ1v) is 8.80. The molecule has 3 aliphatic rings. The molecule has 0 aliphatic heterocycles. The number of carbonyl (C=O) groups is 2. The average molecular weight is 342 g/mol. The predicted molar refractivity (Wildman–Crippen MR) is 95.8 cm³/mol. The number of fused-ring (bicyclic) bond motifs is 3. The van der Waals surface area contributed by atoms with Gasteiger partial charge >= 0.3 is 0 Å². The second kappa shape index (κ2) is 5.45. The van der Waals surface area contributed by atoms with Crippen LogP contribution in [0.5, 0.6) is 0 Å². The van der Waals surface area contributed by atoms with E-state index in [0.717, 1.165) is 11.1 Å². The van der Waals surface area contributed by atoms with Crippen molar-refractivity contribution in [1.29, 1.82) is 0 Å². The van der Waals surface area contributed by atoms with Crippen LogP contribution >= 0.6 is 0 Å². The van der Waals surface area contributed by atoms with Crippen LogP contribution < -0.4 is 0 Å². The number of allylic oxidation sites excluding steroid dienone is 6. The summed E-state index contributed by atoms with van der Waals surface area (Å²) in [7, 11) is 1.60. The minimum atomic E-state index is -0.696. The molecule has 4 heteroatoms. The Morgan fingerprint density at radius 2 is 1.80 bits per heavy atom. The molecule has 1 saturated carbocycles. The maximum absolute atomic E-state index is 12.7. The molecule has 0 aromatic heterocycles. The zero-order chi connectivity index (χ0) is 18.7. The molecule has 1 fully saturated rings. The van der Waals surface area contributed by atoms with Crippen molar-refractivity contribution in [2.75, 3.05) is 7.11 Å². The Morgan fingerprint density at radius 1 is 1.16 bits per heavy atom. The largest absolute Gasteiger partial charge is 0.504 e. The van der Waals surface area contributed by atoms with Crippen LogP contribution in [-0.2, 0) is 14.3 Å². The highest BCUT2D eigenvalue weighted by Crippen LogP contribution is 2.59. The van der Waals surface area contributed by atoms with Gasteiger partial charge in [0.25, 0.3) is 0 Å². The summed E-state index contributed by atoms with van der Waals surface area (Å²) in [5.74, 6) is 0.356. The number of carbonyl (C=O) groups excluding carboxylic acids is 2. The quantitative estimate of drug-likeness (QED) is 0.817. The van der Waals surface area contributed by atoms with Crippen LogP contribution in [0, 0.1) is 16.7 Å². The maximum atomic E-state index is 12.7. The number of aliphatic hydroxyl groups excluding tert-OH is 1. The summed E-state index contributed by atoms with van der Waals surface area (Å²) >= 11 is 0. The van der Waals surface area contributed by atoms with Crippen LogP contribution in [0.25, 0.3) is 0 Å². The number of aliphatic hydroxyl groups is 1. The van der Waals surface area contributed by atoms with Gasteiger partial charge in [0.15, 0.2) is 5.76 Å². The first-order chi connectivity index (χ1) is 11.6. The Bertz CT molecular complexity index is 802. The zero-order valence-corrected chi connectivity index (χ0v) is 15.8. The molecule has 134 valence electrons. The first kappa shape index (κ1) is 17.7. The number of Topliss-reactive ketones (excluding diaryl/α,β-unsaturated/α-hetero) is 2. The Morgan fingerprint density at radius 3 is 2.36 bits per heavy atom. The van der Waals surface area contributed by atoms with Crippen molar-refractivity contribution < 1.29 is 19.4 Å². The highest BCUT2D eigenvalue weighted by molar-refractivity contribution is 6.10. The molecule has 0 heterocycles. The standard InChI is InChI=1S/C21H26O4/c1-11(2)13-9-12-10-14(25-6)19-20(3,4)15(22)7-8-21(19,5)16(12)18(24)17(13)23/h9-11,24H,7-8H2,1-6H3/t21-/m1/s1. The van der Waals surface area contributed by atoms with E-state index in [0.29, 0.717) is 29.7 Å². The summed E-state index contributed by atoms with van der Waals surface area (Å²) in [5.41, 5.74) is 1.62. The molecule has 0 bridgehead atoms. The molecule has 0 saturated heterocycles. The van der Waals surface area contributed by atoms with Crippen LogP contribution in [-0.4, -0.2) is 23.8 Å². The van der Waals surface area contributed by atoms with E-state index in [9.17, 15) is 14.7 Å². The van der Waals surface area contributed by atoms with E-state index in [2.05, 4.69) is 0 Å². The molecule has 0 radical (unpaired) electrons. The van der Waals surface area contributed by atoms with Gasteiger partial charge in [0.1, 0.15) is 11.5 Å². The highest BCUT2D eigenvalue weighted by atomic mass is 16.5. The van der Waals surface area contributed by atoms with E-state index < -0.39 is 10.8 Å². The van der Waals surface area contributed by atoms with Gasteiger partial charge in [-0.1, -0.05) is 20.8 Å². The van der Waals surface area contributed by atoms with Crippen LogP contribution in [0.4, 0.5) is 0 Å². The van der Waals surface area contributed by atoms with Crippen LogP contribution in [0.3, 0.4) is 0 Å². The summed E-state index contributed by atoms with van der Waals surface area (Å²) in [6.45, 7) is 9.69. The molecule has 25 heavy (non-hydrogen) atoms. The fourth-order valence-corrected chi connectivity index (χ4v) is 4.65. The van der Waals surface area contributed by atoms with E-state index >= 15 is 0 Å². The summed E-state index contributed by atoms with van der Waals surface area (Å²) in [6.07, 6.45) is 4.71. The highest BCUT2D eigenvalue weighted by Gasteiger charge is 2.54. The Hall–Kier alpha value is -2.10. The lowest BCUT2D eigenvalue weighted by molar-refractivity contribution is -0.128. The van der Waals surface area contributed by atoms with Crippen molar-refractivity contribution in [3.05, 3.63) is 46.0 Å². The molecule has 3 rings (SSSR count). The number of methoxy groups -OCH3 is 1. The SMILES string of the molecule is COC1=C2C(C)(C)C(=O)CC[C@]2(C)C2=C(O)C(=O)C(C(C)C)=CC2=C1. The number of hydrogen-bond acceptors (Lipinski definition) is 4. The van der Waals surface area contributed by atoms with Gasteiger partial charge in [-0.3, -0.25) is 9.59 Å². The van der Waals surface area contributed by atoms with E-state index in [4.69, 9.17) is 4.74 Å². The summed E-state index contributed by atoms with van der Waals surface area (Å²) < 4.78 is 5.65. The molecule has 4 nitrogen and oxygen atoms in total. The third-order valence-corrected chi connectivity index (χ3v) is 5.97. The third-order valence-electron chi connectivity index (χ3n) is 5.97. The van der Waals surface area contributed by atoms with E-state index in [1.165, 1.54) is 0 Å². The molecule has 0 unspecified atom stereocenters. The van der Waals surface area contributed by atoms with E-state index in [1.807, 2.05) is 46.8 Å². The monoisotopic (exact) mass is 342 g/mol. The van der Waals surface area contributed by atoms with Gasteiger partial charge in [0.2, 0.25) is 5.78 Å². The molecule has 1 N–H and O–H groups in total. The van der Waals surface area contributed by atoms with E-state index in [-0.39, 0.29) is 23.2 Å². The second-order valence-electron chi connectivity index (χ2n) is 8.23. The lowest BCUT2D eigenvalue weighted by Gasteiger charge is -2.49. The lowest BCUT2D eigenvalue weighted by atomic mass is 9.53. The Kier molecular flexibility index (Phi) is 3.86. The van der Waals surface area contributed by atoms with Crippen LogP contribution in [0.2, 0.25) is 0 Å². The van der Waals surface area contributed by atoms with Gasteiger partial charge in [0.05, 0.1) is 7.11 Å². The number of hydrogen-bond donors (Lipinski definition) is 1. The molecule has 1 atom stereocenters. The van der Waals surface area contributed by atoms with Gasteiger partial charge in [-0.15, -0.1) is 0 Å². The smallest absolute Gasteiger partial charge is 0.223 e.